The minimum atomic E-state index is 0.247. The first-order chi connectivity index (χ1) is 12.5. The van der Waals surface area contributed by atoms with E-state index in [4.69, 9.17) is 4.98 Å². The van der Waals surface area contributed by atoms with Gasteiger partial charge in [-0.15, -0.1) is 0 Å². The van der Waals surface area contributed by atoms with Gasteiger partial charge in [0.15, 0.2) is 0 Å². The molecule has 2 N–H and O–H groups in total. The number of anilines is 2. The smallest absolute Gasteiger partial charge is 0.143 e. The van der Waals surface area contributed by atoms with Crippen molar-refractivity contribution in [2.75, 3.05) is 5.32 Å². The summed E-state index contributed by atoms with van der Waals surface area (Å²) in [6, 6.07) is 17.6. The van der Waals surface area contributed by atoms with Gasteiger partial charge in [0.25, 0.3) is 0 Å². The molecule has 2 aromatic carbocycles. The number of aromatic hydroxyl groups is 1. The molecule has 0 atom stereocenters. The van der Waals surface area contributed by atoms with Crippen molar-refractivity contribution in [3.05, 3.63) is 77.5 Å². The summed E-state index contributed by atoms with van der Waals surface area (Å²) in [4.78, 5) is 4.81. The van der Waals surface area contributed by atoms with Gasteiger partial charge in [0.1, 0.15) is 22.9 Å². The average Bonchev–Trinajstić information content (AvgIpc) is 2.92. The van der Waals surface area contributed by atoms with E-state index in [-0.39, 0.29) is 5.75 Å². The first kappa shape index (κ1) is 16.2. The van der Waals surface area contributed by atoms with Crippen LogP contribution in [0.4, 0.5) is 11.5 Å². The maximum Gasteiger partial charge on any atom is 0.143 e. The van der Waals surface area contributed by atoms with Crippen molar-refractivity contribution in [1.29, 1.82) is 0 Å². The molecular weight excluding hydrogens is 322 g/mol. The lowest BCUT2D eigenvalue weighted by Gasteiger charge is -2.11. The van der Waals surface area contributed by atoms with Crippen molar-refractivity contribution in [2.24, 2.45) is 0 Å². The summed E-state index contributed by atoms with van der Waals surface area (Å²) in [5.41, 5.74) is 7.31. The van der Waals surface area contributed by atoms with Crippen molar-refractivity contribution in [1.82, 2.24) is 9.38 Å². The highest BCUT2D eigenvalue weighted by molar-refractivity contribution is 5.80. The van der Waals surface area contributed by atoms with E-state index in [0.717, 1.165) is 34.0 Å². The molecule has 26 heavy (non-hydrogen) atoms. The van der Waals surface area contributed by atoms with Crippen molar-refractivity contribution in [3.8, 4) is 17.0 Å². The summed E-state index contributed by atoms with van der Waals surface area (Å²) in [6.07, 6.45) is 2.08. The number of phenols is 1. The van der Waals surface area contributed by atoms with Crippen LogP contribution in [0.15, 0.2) is 60.8 Å². The number of nitrogens with zero attached hydrogens (tertiary/aromatic N) is 2. The summed E-state index contributed by atoms with van der Waals surface area (Å²) < 4.78 is 2.08. The third-order valence-electron chi connectivity index (χ3n) is 4.39. The number of hydrogen-bond donors (Lipinski definition) is 2. The Morgan fingerprint density at radius 2 is 1.54 bits per heavy atom. The number of imidazole rings is 1. The zero-order chi connectivity index (χ0) is 18.3. The van der Waals surface area contributed by atoms with Crippen molar-refractivity contribution in [2.45, 2.75) is 20.8 Å². The largest absolute Gasteiger partial charge is 0.508 e. The molecule has 0 saturated carbocycles. The van der Waals surface area contributed by atoms with Gasteiger partial charge in [-0.05, 0) is 79.9 Å². The Hall–Kier alpha value is -3.27. The van der Waals surface area contributed by atoms with Crippen LogP contribution in [0.1, 0.15) is 16.7 Å². The first-order valence-corrected chi connectivity index (χ1v) is 8.63. The Kier molecular flexibility index (Phi) is 3.88. The lowest BCUT2D eigenvalue weighted by molar-refractivity contribution is 0.475. The van der Waals surface area contributed by atoms with E-state index in [9.17, 15) is 5.11 Å². The number of fused-ring (bicyclic) bond motifs is 1. The zero-order valence-electron chi connectivity index (χ0n) is 15.1. The van der Waals surface area contributed by atoms with Crippen LogP contribution >= 0.6 is 0 Å². The van der Waals surface area contributed by atoms with Crippen LogP contribution in [0.2, 0.25) is 0 Å². The summed E-state index contributed by atoms with van der Waals surface area (Å²) >= 11 is 0. The predicted octanol–water partition coefficient (Wildman–Crippen LogP) is 5.38. The molecule has 0 bridgehead atoms. The Balaban J connectivity index is 1.91. The Morgan fingerprint density at radius 3 is 2.23 bits per heavy atom. The molecule has 0 spiro atoms. The van der Waals surface area contributed by atoms with E-state index in [2.05, 4.69) is 61.0 Å². The number of nitrogens with one attached hydrogen (secondary N) is 1. The molecule has 2 aromatic heterocycles. The van der Waals surface area contributed by atoms with Crippen LogP contribution in [-0.4, -0.2) is 14.5 Å². The highest BCUT2D eigenvalue weighted by atomic mass is 16.3. The second-order valence-corrected chi connectivity index (χ2v) is 6.79. The summed E-state index contributed by atoms with van der Waals surface area (Å²) in [7, 11) is 0. The molecule has 0 aliphatic carbocycles. The number of aryl methyl sites for hydroxylation is 3. The van der Waals surface area contributed by atoms with E-state index in [1.54, 1.807) is 12.1 Å². The third kappa shape index (κ3) is 3.02. The normalized spacial score (nSPS) is 11.0. The second-order valence-electron chi connectivity index (χ2n) is 6.79. The maximum absolute atomic E-state index is 9.60. The van der Waals surface area contributed by atoms with E-state index in [1.165, 1.54) is 11.1 Å². The fourth-order valence-electron chi connectivity index (χ4n) is 3.27. The minimum absolute atomic E-state index is 0.247. The molecular formula is C22H21N3O. The van der Waals surface area contributed by atoms with Crippen LogP contribution in [0.25, 0.3) is 16.9 Å². The van der Waals surface area contributed by atoms with Crippen LogP contribution in [0.5, 0.6) is 5.75 Å². The van der Waals surface area contributed by atoms with Gasteiger partial charge >= 0.3 is 0 Å². The summed E-state index contributed by atoms with van der Waals surface area (Å²) in [6.45, 7) is 6.26. The number of pyridine rings is 1. The van der Waals surface area contributed by atoms with Gasteiger partial charge in [0.05, 0.1) is 0 Å². The molecule has 0 aliphatic rings. The number of benzene rings is 2. The van der Waals surface area contributed by atoms with Crippen LogP contribution < -0.4 is 5.32 Å². The number of hydrogen-bond acceptors (Lipinski definition) is 3. The summed E-state index contributed by atoms with van der Waals surface area (Å²) in [5.74, 6) is 1.16. The quantitative estimate of drug-likeness (QED) is 0.525. The fourth-order valence-corrected chi connectivity index (χ4v) is 3.27. The van der Waals surface area contributed by atoms with Gasteiger partial charge in [-0.3, -0.25) is 4.40 Å². The topological polar surface area (TPSA) is 49.6 Å². The molecule has 4 nitrogen and oxygen atoms in total. The Labute approximate surface area is 152 Å². The van der Waals surface area contributed by atoms with Crippen LogP contribution in [0.3, 0.4) is 0 Å². The SMILES string of the molecule is Cc1cc(C)cc(Nc2c(-c3ccc(O)cc3)nc3ccc(C)cn23)c1. The Morgan fingerprint density at radius 1 is 0.846 bits per heavy atom. The molecule has 2 heterocycles. The van der Waals surface area contributed by atoms with Gasteiger partial charge in [-0.2, -0.15) is 0 Å². The molecule has 0 aliphatic heterocycles. The lowest BCUT2D eigenvalue weighted by Crippen LogP contribution is -1.98. The molecule has 0 amide bonds. The van der Waals surface area contributed by atoms with E-state index in [0.29, 0.717) is 0 Å². The summed E-state index contributed by atoms with van der Waals surface area (Å²) in [5, 5.41) is 13.2. The monoisotopic (exact) mass is 343 g/mol. The molecule has 130 valence electrons. The first-order valence-electron chi connectivity index (χ1n) is 8.63. The number of phenolic OH excluding ortho intramolecular Hbond substituents is 1. The molecule has 0 unspecified atom stereocenters. The highest BCUT2D eigenvalue weighted by Gasteiger charge is 2.15. The molecule has 4 aromatic rings. The van der Waals surface area contributed by atoms with E-state index in [1.807, 2.05) is 18.2 Å². The van der Waals surface area contributed by atoms with Crippen molar-refractivity contribution in [3.63, 3.8) is 0 Å². The van der Waals surface area contributed by atoms with Crippen LogP contribution in [0, 0.1) is 20.8 Å². The molecule has 0 radical (unpaired) electrons. The zero-order valence-corrected chi connectivity index (χ0v) is 15.1. The molecule has 4 rings (SSSR count). The maximum atomic E-state index is 9.60. The van der Waals surface area contributed by atoms with Gasteiger partial charge in [-0.25, -0.2) is 4.98 Å². The van der Waals surface area contributed by atoms with Gasteiger partial charge < -0.3 is 10.4 Å². The fraction of sp³-hybridized carbons (Fsp3) is 0.136. The molecule has 0 fully saturated rings. The van der Waals surface area contributed by atoms with Gasteiger partial charge in [-0.1, -0.05) is 12.1 Å². The second kappa shape index (κ2) is 6.23. The third-order valence-corrected chi connectivity index (χ3v) is 4.39. The van der Waals surface area contributed by atoms with Crippen molar-refractivity contribution < 1.29 is 5.11 Å². The number of rotatable bonds is 3. The van der Waals surface area contributed by atoms with Crippen LogP contribution in [-0.2, 0) is 0 Å². The van der Waals surface area contributed by atoms with Gasteiger partial charge in [0.2, 0.25) is 0 Å². The average molecular weight is 343 g/mol. The Bertz CT molecular complexity index is 1070. The number of aromatic nitrogens is 2. The van der Waals surface area contributed by atoms with E-state index >= 15 is 0 Å². The van der Waals surface area contributed by atoms with Crippen molar-refractivity contribution >= 4 is 17.2 Å². The van der Waals surface area contributed by atoms with Gasteiger partial charge in [0, 0.05) is 17.4 Å². The van der Waals surface area contributed by atoms with E-state index < -0.39 is 0 Å². The standard InChI is InChI=1S/C22H21N3O/c1-14-4-9-20-24-21(17-5-7-19(26)8-6-17)22(25(20)13-14)23-18-11-15(2)10-16(3)12-18/h4-13,23,26H,1-3H3. The predicted molar refractivity (Wildman–Crippen MR) is 106 cm³/mol. The lowest BCUT2D eigenvalue weighted by atomic mass is 10.1. The highest BCUT2D eigenvalue weighted by Crippen LogP contribution is 2.32. The minimum Gasteiger partial charge on any atom is -0.508 e. The molecule has 4 heteroatoms. The molecule has 0 saturated heterocycles.